The minimum atomic E-state index is -0.655. The molecule has 1 nitrogen and oxygen atoms in total. The molecular weight excluding hydrogens is 223 g/mol. The van der Waals surface area contributed by atoms with E-state index in [1.807, 2.05) is 18.2 Å². The molecule has 2 aromatic rings. The van der Waals surface area contributed by atoms with Crippen molar-refractivity contribution in [3.8, 4) is 0 Å². The lowest BCUT2D eigenvalue weighted by Gasteiger charge is -1.93. The smallest absolute Gasteiger partial charge is 0.262 e. The van der Waals surface area contributed by atoms with E-state index in [1.54, 1.807) is 6.07 Å². The van der Waals surface area contributed by atoms with Gasteiger partial charge in [-0.05, 0) is 23.1 Å². The SMILES string of the molecule is O=C(Cl)c1sc2ccccc2c1CF. The van der Waals surface area contributed by atoms with E-state index in [-0.39, 0.29) is 0 Å². The fourth-order valence-corrected chi connectivity index (χ4v) is 2.66. The molecule has 2 rings (SSSR count). The van der Waals surface area contributed by atoms with Crippen LogP contribution in [0.15, 0.2) is 24.3 Å². The number of carbonyl (C=O) groups excluding carboxylic acids is 1. The van der Waals surface area contributed by atoms with Crippen LogP contribution in [0, 0.1) is 0 Å². The third-order valence-electron chi connectivity index (χ3n) is 2.01. The highest BCUT2D eigenvalue weighted by molar-refractivity contribution is 7.22. The Morgan fingerprint density at radius 2 is 2.14 bits per heavy atom. The van der Waals surface area contributed by atoms with Crippen LogP contribution in [0.25, 0.3) is 10.1 Å². The molecule has 0 aliphatic heterocycles. The molecule has 0 N–H and O–H groups in total. The van der Waals surface area contributed by atoms with Crippen molar-refractivity contribution in [2.24, 2.45) is 0 Å². The normalized spacial score (nSPS) is 10.7. The number of benzene rings is 1. The fourth-order valence-electron chi connectivity index (χ4n) is 1.39. The Morgan fingerprint density at radius 3 is 2.79 bits per heavy atom. The van der Waals surface area contributed by atoms with Crippen molar-refractivity contribution in [1.82, 2.24) is 0 Å². The van der Waals surface area contributed by atoms with E-state index >= 15 is 0 Å². The van der Waals surface area contributed by atoms with Gasteiger partial charge in [-0.15, -0.1) is 11.3 Å². The topological polar surface area (TPSA) is 17.1 Å². The van der Waals surface area contributed by atoms with Gasteiger partial charge in [0.05, 0.1) is 4.88 Å². The Labute approximate surface area is 89.1 Å². The largest absolute Gasteiger partial charge is 0.275 e. The van der Waals surface area contributed by atoms with Crippen molar-refractivity contribution in [2.45, 2.75) is 6.67 Å². The van der Waals surface area contributed by atoms with E-state index in [0.717, 1.165) is 10.1 Å². The van der Waals surface area contributed by atoms with E-state index in [4.69, 9.17) is 11.6 Å². The lowest BCUT2D eigenvalue weighted by Crippen LogP contribution is -1.88. The fraction of sp³-hybridized carbons (Fsp3) is 0.100. The molecule has 0 amide bonds. The molecule has 0 radical (unpaired) electrons. The standard InChI is InChI=1S/C10H6ClFOS/c11-10(13)9-7(5-12)6-3-1-2-4-8(6)14-9/h1-4H,5H2. The number of hydrogen-bond donors (Lipinski definition) is 0. The first-order chi connectivity index (χ1) is 6.74. The number of carbonyl (C=O) groups is 1. The molecule has 14 heavy (non-hydrogen) atoms. The highest BCUT2D eigenvalue weighted by Crippen LogP contribution is 2.32. The van der Waals surface area contributed by atoms with Crippen molar-refractivity contribution < 1.29 is 9.18 Å². The molecule has 0 bridgehead atoms. The van der Waals surface area contributed by atoms with Crippen LogP contribution in [0.5, 0.6) is 0 Å². The zero-order valence-corrected chi connectivity index (χ0v) is 8.66. The van der Waals surface area contributed by atoms with E-state index in [1.165, 1.54) is 11.3 Å². The highest BCUT2D eigenvalue weighted by atomic mass is 35.5. The van der Waals surface area contributed by atoms with E-state index < -0.39 is 11.9 Å². The second kappa shape index (κ2) is 3.67. The number of fused-ring (bicyclic) bond motifs is 1. The van der Waals surface area contributed by atoms with Crippen LogP contribution in [-0.2, 0) is 6.67 Å². The van der Waals surface area contributed by atoms with Gasteiger partial charge in [-0.3, -0.25) is 4.79 Å². The van der Waals surface area contributed by atoms with Crippen LogP contribution >= 0.6 is 22.9 Å². The third-order valence-corrected chi connectivity index (χ3v) is 3.52. The summed E-state index contributed by atoms with van der Waals surface area (Å²) in [5, 5.41) is 0.197. The Morgan fingerprint density at radius 1 is 1.43 bits per heavy atom. The van der Waals surface area contributed by atoms with Gasteiger partial charge in [0.25, 0.3) is 5.24 Å². The number of hydrogen-bond acceptors (Lipinski definition) is 2. The van der Waals surface area contributed by atoms with Crippen molar-refractivity contribution >= 4 is 38.3 Å². The average molecular weight is 229 g/mol. The van der Waals surface area contributed by atoms with Crippen molar-refractivity contribution in [3.63, 3.8) is 0 Å². The first-order valence-electron chi connectivity index (χ1n) is 4.00. The Balaban J connectivity index is 2.78. The number of alkyl halides is 1. The molecular formula is C10H6ClFOS. The van der Waals surface area contributed by atoms with Crippen molar-refractivity contribution in [3.05, 3.63) is 34.7 Å². The van der Waals surface area contributed by atoms with Gasteiger partial charge < -0.3 is 0 Å². The molecule has 1 aromatic heterocycles. The molecule has 0 unspecified atom stereocenters. The second-order valence-electron chi connectivity index (χ2n) is 2.81. The molecule has 0 aliphatic rings. The summed E-state index contributed by atoms with van der Waals surface area (Å²) in [5.41, 5.74) is 0.408. The average Bonchev–Trinajstić information content (AvgIpc) is 2.56. The summed E-state index contributed by atoms with van der Waals surface area (Å²) in [6.45, 7) is -0.655. The van der Waals surface area contributed by atoms with Gasteiger partial charge in [0.15, 0.2) is 0 Å². The van der Waals surface area contributed by atoms with Crippen LogP contribution in [0.4, 0.5) is 4.39 Å². The van der Waals surface area contributed by atoms with Gasteiger partial charge in [0, 0.05) is 10.3 Å². The minimum absolute atomic E-state index is 0.315. The Hall–Kier alpha value is -0.930. The summed E-state index contributed by atoms with van der Waals surface area (Å²) in [4.78, 5) is 11.3. The number of thiophene rings is 1. The molecule has 0 saturated carbocycles. The zero-order valence-electron chi connectivity index (χ0n) is 7.09. The third kappa shape index (κ3) is 1.42. The van der Waals surface area contributed by atoms with Gasteiger partial charge in [-0.25, -0.2) is 4.39 Å². The summed E-state index contributed by atoms with van der Waals surface area (Å²) < 4.78 is 13.6. The molecule has 72 valence electrons. The van der Waals surface area contributed by atoms with Gasteiger partial charge in [-0.1, -0.05) is 18.2 Å². The first-order valence-corrected chi connectivity index (χ1v) is 5.19. The van der Waals surface area contributed by atoms with Gasteiger partial charge >= 0.3 is 0 Å². The van der Waals surface area contributed by atoms with E-state index in [0.29, 0.717) is 10.4 Å². The molecule has 1 aromatic carbocycles. The second-order valence-corrected chi connectivity index (χ2v) is 4.21. The maximum atomic E-state index is 12.7. The van der Waals surface area contributed by atoms with Crippen molar-refractivity contribution in [2.75, 3.05) is 0 Å². The maximum absolute atomic E-state index is 12.7. The highest BCUT2D eigenvalue weighted by Gasteiger charge is 2.15. The van der Waals surface area contributed by atoms with Gasteiger partial charge in [0.1, 0.15) is 6.67 Å². The minimum Gasteiger partial charge on any atom is -0.275 e. The maximum Gasteiger partial charge on any atom is 0.262 e. The monoisotopic (exact) mass is 228 g/mol. The summed E-state index contributed by atoms with van der Waals surface area (Å²) >= 11 is 6.60. The Bertz CT molecular complexity index is 492. The molecule has 4 heteroatoms. The van der Waals surface area contributed by atoms with Crippen LogP contribution in [0.3, 0.4) is 0 Å². The molecule has 0 aliphatic carbocycles. The number of halogens is 2. The van der Waals surface area contributed by atoms with Crippen LogP contribution < -0.4 is 0 Å². The van der Waals surface area contributed by atoms with E-state index in [9.17, 15) is 9.18 Å². The van der Waals surface area contributed by atoms with E-state index in [2.05, 4.69) is 0 Å². The molecule has 0 spiro atoms. The summed E-state index contributed by atoms with van der Waals surface area (Å²) in [5.74, 6) is 0. The Kier molecular flexibility index (Phi) is 2.52. The molecule has 0 saturated heterocycles. The summed E-state index contributed by atoms with van der Waals surface area (Å²) in [7, 11) is 0. The quantitative estimate of drug-likeness (QED) is 0.716. The number of rotatable bonds is 2. The van der Waals surface area contributed by atoms with Crippen LogP contribution in [0.2, 0.25) is 0 Å². The molecule has 1 heterocycles. The lowest BCUT2D eigenvalue weighted by molar-refractivity contribution is 0.108. The summed E-state index contributed by atoms with van der Waals surface area (Å²) in [6.07, 6.45) is 0. The lowest BCUT2D eigenvalue weighted by atomic mass is 10.1. The predicted octanol–water partition coefficient (Wildman–Crippen LogP) is 3.75. The predicted molar refractivity (Wildman–Crippen MR) is 56.8 cm³/mol. The van der Waals surface area contributed by atoms with Gasteiger partial charge in [0.2, 0.25) is 0 Å². The van der Waals surface area contributed by atoms with Gasteiger partial charge in [-0.2, -0.15) is 0 Å². The van der Waals surface area contributed by atoms with Crippen molar-refractivity contribution in [1.29, 1.82) is 0 Å². The first kappa shape index (κ1) is 9.62. The molecule has 0 atom stereocenters. The van der Waals surface area contributed by atoms with Crippen LogP contribution in [0.1, 0.15) is 15.2 Å². The summed E-state index contributed by atoms with van der Waals surface area (Å²) in [6, 6.07) is 7.31. The van der Waals surface area contributed by atoms with Crippen LogP contribution in [-0.4, -0.2) is 5.24 Å². The molecule has 0 fully saturated rings. The zero-order chi connectivity index (χ0) is 10.1.